The lowest BCUT2D eigenvalue weighted by molar-refractivity contribution is 0.178. The van der Waals surface area contributed by atoms with E-state index in [2.05, 4.69) is 31.4 Å². The predicted molar refractivity (Wildman–Crippen MR) is 86.7 cm³/mol. The quantitative estimate of drug-likeness (QED) is 0.634. The van der Waals surface area contributed by atoms with E-state index < -0.39 is 6.09 Å². The van der Waals surface area contributed by atoms with E-state index in [1.807, 2.05) is 6.07 Å². The third kappa shape index (κ3) is 4.28. The lowest BCUT2D eigenvalue weighted by Gasteiger charge is -2.39. The number of carboxylic acid groups (broad SMARTS) is 1. The molecule has 0 heterocycles. The van der Waals surface area contributed by atoms with E-state index in [-0.39, 0.29) is 0 Å². The van der Waals surface area contributed by atoms with Gasteiger partial charge in [0.2, 0.25) is 0 Å². The molecule has 5 nitrogen and oxygen atoms in total. The summed E-state index contributed by atoms with van der Waals surface area (Å²) in [6, 6.07) is 5.62. The lowest BCUT2D eigenvalue weighted by atomic mass is 9.70. The van der Waals surface area contributed by atoms with Crippen LogP contribution in [0.5, 0.6) is 0 Å². The Balaban J connectivity index is 2.07. The van der Waals surface area contributed by atoms with Crippen molar-refractivity contribution in [1.29, 1.82) is 0 Å². The molecule has 0 bridgehead atoms. The lowest BCUT2D eigenvalue weighted by Crippen LogP contribution is -2.35. The zero-order valence-corrected chi connectivity index (χ0v) is 12.9. The summed E-state index contributed by atoms with van der Waals surface area (Å²) in [4.78, 5) is 10.6. The van der Waals surface area contributed by atoms with Gasteiger partial charge in [0.05, 0.1) is 11.4 Å². The van der Waals surface area contributed by atoms with Crippen LogP contribution in [0.25, 0.3) is 0 Å². The minimum absolute atomic E-state index is 0.342. The van der Waals surface area contributed by atoms with Gasteiger partial charge in [-0.25, -0.2) is 4.79 Å². The molecule has 5 N–H and O–H groups in total. The second kappa shape index (κ2) is 5.84. The molecule has 1 aliphatic carbocycles. The van der Waals surface area contributed by atoms with Gasteiger partial charge in [0.15, 0.2) is 0 Å². The molecule has 0 aliphatic heterocycles. The Morgan fingerprint density at radius 1 is 1.38 bits per heavy atom. The summed E-state index contributed by atoms with van der Waals surface area (Å²) in [5.41, 5.74) is 8.29. The van der Waals surface area contributed by atoms with E-state index in [9.17, 15) is 4.79 Å². The molecule has 0 aromatic heterocycles. The molecule has 0 saturated heterocycles. The van der Waals surface area contributed by atoms with E-state index >= 15 is 0 Å². The Bertz CT molecular complexity index is 528. The number of nitrogen functional groups attached to an aromatic ring is 1. The van der Waals surface area contributed by atoms with E-state index in [0.29, 0.717) is 28.7 Å². The molecule has 5 heteroatoms. The molecule has 0 radical (unpaired) electrons. The smallest absolute Gasteiger partial charge is 0.409 e. The van der Waals surface area contributed by atoms with Crippen LogP contribution in [0.3, 0.4) is 0 Å². The molecule has 1 amide bonds. The number of hydrogen-bond acceptors (Lipinski definition) is 3. The Labute approximate surface area is 125 Å². The van der Waals surface area contributed by atoms with Crippen LogP contribution in [0.4, 0.5) is 21.9 Å². The molecule has 1 saturated carbocycles. The van der Waals surface area contributed by atoms with Gasteiger partial charge in [0.25, 0.3) is 0 Å². The molecule has 2 atom stereocenters. The maximum Gasteiger partial charge on any atom is 0.409 e. The van der Waals surface area contributed by atoms with E-state index in [1.165, 1.54) is 6.42 Å². The normalized spacial score (nSPS) is 24.3. The maximum absolute atomic E-state index is 10.6. The average molecular weight is 291 g/mol. The minimum atomic E-state index is -1.09. The highest BCUT2D eigenvalue weighted by molar-refractivity contribution is 5.85. The first-order valence-corrected chi connectivity index (χ1v) is 7.41. The number of nitrogens with two attached hydrogens (primary N) is 1. The fourth-order valence-electron chi connectivity index (χ4n) is 3.57. The number of hydrogen-bond donors (Lipinski definition) is 4. The number of benzene rings is 1. The molecule has 2 rings (SSSR count). The summed E-state index contributed by atoms with van der Waals surface area (Å²) >= 11 is 0. The van der Waals surface area contributed by atoms with Crippen molar-refractivity contribution in [3.05, 3.63) is 18.2 Å². The molecular weight excluding hydrogens is 266 g/mol. The Hall–Kier alpha value is -1.91. The predicted octanol–water partition coefficient (Wildman–Crippen LogP) is 3.99. The van der Waals surface area contributed by atoms with Crippen LogP contribution in [0.15, 0.2) is 18.2 Å². The van der Waals surface area contributed by atoms with Crippen LogP contribution in [-0.2, 0) is 0 Å². The van der Waals surface area contributed by atoms with Gasteiger partial charge in [-0.15, -0.1) is 0 Å². The van der Waals surface area contributed by atoms with Gasteiger partial charge in [0.1, 0.15) is 0 Å². The highest BCUT2D eigenvalue weighted by atomic mass is 16.4. The molecule has 1 aromatic carbocycles. The van der Waals surface area contributed by atoms with Crippen molar-refractivity contribution < 1.29 is 9.90 Å². The van der Waals surface area contributed by atoms with Crippen molar-refractivity contribution in [3.63, 3.8) is 0 Å². The summed E-state index contributed by atoms with van der Waals surface area (Å²) in [5, 5.41) is 14.5. The van der Waals surface area contributed by atoms with E-state index in [1.54, 1.807) is 12.1 Å². The number of nitrogens with one attached hydrogen (secondary N) is 2. The number of carbonyl (C=O) groups is 1. The molecule has 116 valence electrons. The van der Waals surface area contributed by atoms with Crippen LogP contribution >= 0.6 is 0 Å². The van der Waals surface area contributed by atoms with Gasteiger partial charge in [-0.3, -0.25) is 5.32 Å². The third-order valence-electron chi connectivity index (χ3n) is 4.05. The van der Waals surface area contributed by atoms with Crippen LogP contribution in [-0.4, -0.2) is 17.2 Å². The largest absolute Gasteiger partial charge is 0.465 e. The van der Waals surface area contributed by atoms with Crippen molar-refractivity contribution in [2.75, 3.05) is 16.4 Å². The number of rotatable bonds is 3. The first-order chi connectivity index (χ1) is 9.75. The van der Waals surface area contributed by atoms with Gasteiger partial charge in [0, 0.05) is 11.7 Å². The maximum atomic E-state index is 10.6. The van der Waals surface area contributed by atoms with Crippen LogP contribution in [0.1, 0.15) is 40.0 Å². The Morgan fingerprint density at radius 3 is 2.67 bits per heavy atom. The van der Waals surface area contributed by atoms with Crippen LogP contribution in [0.2, 0.25) is 0 Å². The van der Waals surface area contributed by atoms with Crippen molar-refractivity contribution >= 4 is 23.2 Å². The Kier molecular flexibility index (Phi) is 4.30. The van der Waals surface area contributed by atoms with Crippen molar-refractivity contribution in [2.45, 2.75) is 46.1 Å². The van der Waals surface area contributed by atoms with Gasteiger partial charge in [-0.05, 0) is 48.8 Å². The minimum Gasteiger partial charge on any atom is -0.465 e. The molecule has 0 spiro atoms. The van der Waals surface area contributed by atoms with Gasteiger partial charge < -0.3 is 16.2 Å². The average Bonchev–Trinajstić information content (AvgIpc) is 2.29. The van der Waals surface area contributed by atoms with Crippen LogP contribution in [0, 0.1) is 11.3 Å². The zero-order valence-electron chi connectivity index (χ0n) is 12.9. The third-order valence-corrected chi connectivity index (χ3v) is 4.05. The van der Waals surface area contributed by atoms with Crippen LogP contribution < -0.4 is 16.4 Å². The van der Waals surface area contributed by atoms with E-state index in [4.69, 9.17) is 10.8 Å². The summed E-state index contributed by atoms with van der Waals surface area (Å²) in [6.45, 7) is 6.90. The Morgan fingerprint density at radius 2 is 2.10 bits per heavy atom. The SMILES string of the molecule is C[C@H]1C[C@@H](Nc2ccc(NC(=O)O)cc2N)CC(C)(C)C1. The summed E-state index contributed by atoms with van der Waals surface area (Å²) in [7, 11) is 0. The summed E-state index contributed by atoms with van der Waals surface area (Å²) in [5.74, 6) is 0.695. The molecular formula is C16H25N3O2. The van der Waals surface area contributed by atoms with Gasteiger partial charge in [-0.2, -0.15) is 0 Å². The first-order valence-electron chi connectivity index (χ1n) is 7.41. The molecule has 0 unspecified atom stereocenters. The van der Waals surface area contributed by atoms with Gasteiger partial charge in [-0.1, -0.05) is 20.8 Å². The highest BCUT2D eigenvalue weighted by Gasteiger charge is 2.32. The fraction of sp³-hybridized carbons (Fsp3) is 0.562. The van der Waals surface area contributed by atoms with E-state index in [0.717, 1.165) is 18.5 Å². The van der Waals surface area contributed by atoms with Crippen molar-refractivity contribution in [1.82, 2.24) is 0 Å². The number of anilines is 3. The topological polar surface area (TPSA) is 87.4 Å². The molecule has 1 fully saturated rings. The fourth-order valence-corrected chi connectivity index (χ4v) is 3.57. The van der Waals surface area contributed by atoms with Gasteiger partial charge >= 0.3 is 6.09 Å². The van der Waals surface area contributed by atoms with Crippen molar-refractivity contribution in [3.8, 4) is 0 Å². The summed E-state index contributed by atoms with van der Waals surface area (Å²) in [6.07, 6.45) is 2.42. The van der Waals surface area contributed by atoms with Crippen molar-refractivity contribution in [2.24, 2.45) is 11.3 Å². The zero-order chi connectivity index (χ0) is 15.6. The monoisotopic (exact) mass is 291 g/mol. The summed E-state index contributed by atoms with van der Waals surface area (Å²) < 4.78 is 0. The standard InChI is InChI=1S/C16H25N3O2/c1-10-6-12(9-16(2,3)8-10)18-14-5-4-11(7-13(14)17)19-15(20)21/h4-5,7,10,12,18-19H,6,8-9,17H2,1-3H3,(H,20,21)/t10-,12+/m0/s1. The molecule has 21 heavy (non-hydrogen) atoms. The second-order valence-electron chi connectivity index (χ2n) is 6.99. The number of amides is 1. The second-order valence-corrected chi connectivity index (χ2v) is 6.99. The first kappa shape index (κ1) is 15.5. The molecule has 1 aromatic rings. The highest BCUT2D eigenvalue weighted by Crippen LogP contribution is 2.40. The molecule has 1 aliphatic rings.